The molecule has 2 bridgehead atoms. The van der Waals surface area contributed by atoms with E-state index in [-0.39, 0.29) is 12.5 Å². The molecule has 2 N–H and O–H groups in total. The molecule has 0 radical (unpaired) electrons. The molecular weight excluding hydrogens is 236 g/mol. The second-order valence-corrected chi connectivity index (χ2v) is 4.72. The van der Waals surface area contributed by atoms with Gasteiger partial charge in [0.1, 0.15) is 5.92 Å². The van der Waals surface area contributed by atoms with E-state index >= 15 is 0 Å². The quantitative estimate of drug-likeness (QED) is 0.823. The van der Waals surface area contributed by atoms with E-state index in [0.29, 0.717) is 0 Å². The van der Waals surface area contributed by atoms with Crippen LogP contribution in [0.1, 0.15) is 23.1 Å². The van der Waals surface area contributed by atoms with Crippen molar-refractivity contribution in [1.29, 1.82) is 0 Å². The van der Waals surface area contributed by atoms with Crippen molar-refractivity contribution in [3.63, 3.8) is 0 Å². The maximum atomic E-state index is 11.3. The van der Waals surface area contributed by atoms with Gasteiger partial charge in [-0.3, -0.25) is 9.59 Å². The Balaban J connectivity index is 2.16. The molecule has 0 spiro atoms. The first-order valence-electron chi connectivity index (χ1n) is 5.77. The topological polar surface area (TPSA) is 83.8 Å². The molecule has 1 aliphatic carbocycles. The third-order valence-corrected chi connectivity index (χ3v) is 3.87. The van der Waals surface area contributed by atoms with Crippen LogP contribution in [0.4, 0.5) is 0 Å². The van der Waals surface area contributed by atoms with Gasteiger partial charge < -0.3 is 14.9 Å². The van der Waals surface area contributed by atoms with Crippen LogP contribution in [0.25, 0.3) is 0 Å². The lowest BCUT2D eigenvalue weighted by Gasteiger charge is -2.45. The Morgan fingerprint density at radius 3 is 2.28 bits per heavy atom. The number of carbonyl (C=O) groups is 2. The zero-order valence-electron chi connectivity index (χ0n) is 9.45. The van der Waals surface area contributed by atoms with Crippen molar-refractivity contribution >= 4 is 11.9 Å². The van der Waals surface area contributed by atoms with Crippen LogP contribution >= 0.6 is 0 Å². The number of carboxylic acids is 2. The normalized spacial score (nSPS) is 32.9. The van der Waals surface area contributed by atoms with E-state index in [4.69, 9.17) is 4.74 Å². The van der Waals surface area contributed by atoms with Crippen molar-refractivity contribution in [2.75, 3.05) is 6.61 Å². The number of ether oxygens (including phenoxy) is 1. The van der Waals surface area contributed by atoms with Gasteiger partial charge in [0.2, 0.25) is 0 Å². The molecule has 1 fully saturated rings. The van der Waals surface area contributed by atoms with Crippen LogP contribution in [-0.2, 0) is 14.3 Å². The van der Waals surface area contributed by atoms with Gasteiger partial charge in [0, 0.05) is 5.92 Å². The number of hydrogen-bond donors (Lipinski definition) is 2. The van der Waals surface area contributed by atoms with E-state index in [9.17, 15) is 19.8 Å². The number of benzene rings is 1. The van der Waals surface area contributed by atoms with Gasteiger partial charge in [-0.05, 0) is 11.1 Å². The molecule has 94 valence electrons. The van der Waals surface area contributed by atoms with Crippen molar-refractivity contribution in [3.05, 3.63) is 35.4 Å². The van der Waals surface area contributed by atoms with E-state index in [2.05, 4.69) is 0 Å². The SMILES string of the molecule is O=C(O)[C@@H]1[C@@H](C(=O)O)[C@H]2OC[C@H]1c1ccccc12. The van der Waals surface area contributed by atoms with E-state index < -0.39 is 29.9 Å². The van der Waals surface area contributed by atoms with Gasteiger partial charge in [-0.2, -0.15) is 0 Å². The largest absolute Gasteiger partial charge is 0.481 e. The fourth-order valence-corrected chi connectivity index (χ4v) is 3.14. The summed E-state index contributed by atoms with van der Waals surface area (Å²) in [6, 6.07) is 7.34. The first-order chi connectivity index (χ1) is 8.61. The van der Waals surface area contributed by atoms with Crippen molar-refractivity contribution in [1.82, 2.24) is 0 Å². The lowest BCUT2D eigenvalue weighted by Crippen LogP contribution is -2.48. The van der Waals surface area contributed by atoms with E-state index in [1.54, 1.807) is 0 Å². The third kappa shape index (κ3) is 1.37. The summed E-state index contributed by atoms with van der Waals surface area (Å²) in [6.45, 7) is 0.280. The molecule has 18 heavy (non-hydrogen) atoms. The van der Waals surface area contributed by atoms with E-state index in [1.165, 1.54) is 0 Å². The zero-order chi connectivity index (χ0) is 12.9. The van der Waals surface area contributed by atoms with Gasteiger partial charge in [-0.25, -0.2) is 0 Å². The molecule has 5 heteroatoms. The highest BCUT2D eigenvalue weighted by Gasteiger charge is 2.54. The summed E-state index contributed by atoms with van der Waals surface area (Å²) in [5.74, 6) is -4.45. The van der Waals surface area contributed by atoms with Crippen LogP contribution in [0.2, 0.25) is 0 Å². The van der Waals surface area contributed by atoms with Crippen molar-refractivity contribution in [3.8, 4) is 0 Å². The summed E-state index contributed by atoms with van der Waals surface area (Å²) in [5, 5.41) is 18.5. The standard InChI is InChI=1S/C13H12O5/c14-12(15)9-8-5-18-11(10(9)13(16)17)7-4-2-1-3-6(7)8/h1-4,8-11H,5H2,(H,14,15)(H,16,17)/t8-,9-,10+,11-/m0/s1. The summed E-state index contributed by atoms with van der Waals surface area (Å²) in [5.41, 5.74) is 1.73. The summed E-state index contributed by atoms with van der Waals surface area (Å²) < 4.78 is 5.51. The summed E-state index contributed by atoms with van der Waals surface area (Å²) in [7, 11) is 0. The van der Waals surface area contributed by atoms with E-state index in [1.807, 2.05) is 24.3 Å². The number of aliphatic carboxylic acids is 2. The Morgan fingerprint density at radius 1 is 1.06 bits per heavy atom. The molecule has 1 aromatic carbocycles. The highest BCUT2D eigenvalue weighted by molar-refractivity contribution is 5.83. The summed E-state index contributed by atoms with van der Waals surface area (Å²) in [6.07, 6.45) is -0.648. The monoisotopic (exact) mass is 248 g/mol. The number of fused-ring (bicyclic) bond motifs is 2. The molecule has 0 amide bonds. The van der Waals surface area contributed by atoms with Gasteiger partial charge in [-0.1, -0.05) is 24.3 Å². The predicted octanol–water partition coefficient (Wildman–Crippen LogP) is 1.26. The van der Waals surface area contributed by atoms with Crippen LogP contribution in [0, 0.1) is 11.8 Å². The van der Waals surface area contributed by atoms with Crippen LogP contribution in [0.3, 0.4) is 0 Å². The first-order valence-corrected chi connectivity index (χ1v) is 5.77. The van der Waals surface area contributed by atoms with Gasteiger partial charge >= 0.3 is 11.9 Å². The van der Waals surface area contributed by atoms with Gasteiger partial charge in [0.15, 0.2) is 0 Å². The number of hydrogen-bond acceptors (Lipinski definition) is 3. The molecule has 3 aliphatic rings. The first kappa shape index (κ1) is 11.2. The van der Waals surface area contributed by atoms with Crippen LogP contribution in [0.15, 0.2) is 24.3 Å². The van der Waals surface area contributed by atoms with Crippen LogP contribution in [0.5, 0.6) is 0 Å². The van der Waals surface area contributed by atoms with Gasteiger partial charge in [0.25, 0.3) is 0 Å². The Kier molecular flexibility index (Phi) is 2.38. The Hall–Kier alpha value is -1.88. The smallest absolute Gasteiger partial charge is 0.310 e. The highest BCUT2D eigenvalue weighted by atomic mass is 16.5. The highest BCUT2D eigenvalue weighted by Crippen LogP contribution is 2.51. The molecule has 1 saturated heterocycles. The third-order valence-electron chi connectivity index (χ3n) is 3.87. The lowest BCUT2D eigenvalue weighted by molar-refractivity contribution is -0.175. The minimum Gasteiger partial charge on any atom is -0.481 e. The van der Waals surface area contributed by atoms with Crippen molar-refractivity contribution in [2.45, 2.75) is 12.0 Å². The molecule has 4 rings (SSSR count). The Labute approximate surface area is 103 Å². The molecule has 0 unspecified atom stereocenters. The Bertz CT molecular complexity index is 477. The molecule has 0 aromatic heterocycles. The molecular formula is C13H12O5. The Morgan fingerprint density at radius 2 is 1.67 bits per heavy atom. The predicted molar refractivity (Wildman–Crippen MR) is 60.1 cm³/mol. The maximum Gasteiger partial charge on any atom is 0.310 e. The number of rotatable bonds is 2. The second kappa shape index (κ2) is 3.81. The molecule has 5 nitrogen and oxygen atoms in total. The fraction of sp³-hybridized carbons (Fsp3) is 0.385. The molecule has 1 aromatic rings. The maximum absolute atomic E-state index is 11.3. The lowest BCUT2D eigenvalue weighted by atomic mass is 9.65. The van der Waals surface area contributed by atoms with Crippen molar-refractivity contribution < 1.29 is 24.5 Å². The number of carboxylic acid groups (broad SMARTS) is 2. The second-order valence-electron chi connectivity index (χ2n) is 4.72. The molecule has 2 heterocycles. The summed E-state index contributed by atoms with van der Waals surface area (Å²) in [4.78, 5) is 22.7. The van der Waals surface area contributed by atoms with Gasteiger partial charge in [0.05, 0.1) is 18.6 Å². The minimum absolute atomic E-state index is 0.280. The zero-order valence-corrected chi connectivity index (χ0v) is 9.45. The molecule has 4 atom stereocenters. The average molecular weight is 248 g/mol. The van der Waals surface area contributed by atoms with Crippen LogP contribution < -0.4 is 0 Å². The fourth-order valence-electron chi connectivity index (χ4n) is 3.14. The molecule has 0 saturated carbocycles. The van der Waals surface area contributed by atoms with Crippen molar-refractivity contribution in [2.24, 2.45) is 11.8 Å². The molecule has 2 aliphatic heterocycles. The van der Waals surface area contributed by atoms with E-state index in [0.717, 1.165) is 11.1 Å². The summed E-state index contributed by atoms with van der Waals surface area (Å²) >= 11 is 0. The van der Waals surface area contributed by atoms with Crippen LogP contribution in [-0.4, -0.2) is 28.8 Å². The average Bonchev–Trinajstić information content (AvgIpc) is 2.38. The minimum atomic E-state index is -1.10. The van der Waals surface area contributed by atoms with Gasteiger partial charge in [-0.15, -0.1) is 0 Å².